The summed E-state index contributed by atoms with van der Waals surface area (Å²) in [5.41, 5.74) is 4.51. The minimum absolute atomic E-state index is 0.0733. The quantitative estimate of drug-likeness (QED) is 0.664. The molecule has 0 spiro atoms. The van der Waals surface area contributed by atoms with Crippen molar-refractivity contribution in [3.8, 4) is 11.1 Å². The van der Waals surface area contributed by atoms with Crippen LogP contribution in [0.25, 0.3) is 11.1 Å². The van der Waals surface area contributed by atoms with E-state index in [1.54, 1.807) is 0 Å². The third-order valence-corrected chi connectivity index (χ3v) is 6.92. The highest BCUT2D eigenvalue weighted by atomic mass is 16.5. The van der Waals surface area contributed by atoms with E-state index in [9.17, 15) is 19.5 Å². The molecule has 2 aromatic carbocycles. The molecule has 0 bridgehead atoms. The molecular formula is C26H30N2O5. The average Bonchev–Trinajstić information content (AvgIpc) is 3.44. The normalized spacial score (nSPS) is 18.8. The van der Waals surface area contributed by atoms with Crippen LogP contribution in [0.1, 0.15) is 50.2 Å². The first-order valence-corrected chi connectivity index (χ1v) is 11.6. The Morgan fingerprint density at radius 1 is 1.09 bits per heavy atom. The number of amides is 2. The van der Waals surface area contributed by atoms with Crippen molar-refractivity contribution >= 4 is 18.0 Å². The van der Waals surface area contributed by atoms with Gasteiger partial charge < -0.3 is 20.1 Å². The van der Waals surface area contributed by atoms with Gasteiger partial charge in [0.25, 0.3) is 0 Å². The molecule has 2 aliphatic rings. The summed E-state index contributed by atoms with van der Waals surface area (Å²) in [6, 6.07) is 14.5. The number of carboxylic acids is 1. The summed E-state index contributed by atoms with van der Waals surface area (Å²) in [6.45, 7) is 4.35. The van der Waals surface area contributed by atoms with Crippen LogP contribution in [-0.2, 0) is 14.3 Å². The summed E-state index contributed by atoms with van der Waals surface area (Å²) in [6.07, 6.45) is 1.06. The SMILES string of the molecule is CC[C@H](C)[C@H](NC(=O)OCC1c2ccccc2-c2ccccc21)C(=O)N1CCC[C@@H]1C(=O)O. The van der Waals surface area contributed by atoms with Gasteiger partial charge in [0, 0.05) is 12.5 Å². The van der Waals surface area contributed by atoms with Crippen molar-refractivity contribution in [1.29, 1.82) is 0 Å². The molecule has 0 aromatic heterocycles. The second-order valence-corrected chi connectivity index (χ2v) is 8.86. The Morgan fingerprint density at radius 3 is 2.27 bits per heavy atom. The molecule has 1 heterocycles. The lowest BCUT2D eigenvalue weighted by atomic mass is 9.97. The second-order valence-electron chi connectivity index (χ2n) is 8.86. The number of carbonyl (C=O) groups excluding carboxylic acids is 2. The van der Waals surface area contributed by atoms with Crippen molar-refractivity contribution in [2.24, 2.45) is 5.92 Å². The zero-order chi connectivity index (χ0) is 23.5. The largest absolute Gasteiger partial charge is 0.480 e. The first kappa shape index (κ1) is 22.8. The first-order chi connectivity index (χ1) is 15.9. The average molecular weight is 451 g/mol. The Hall–Kier alpha value is -3.35. The Bertz CT molecular complexity index is 1010. The molecule has 2 N–H and O–H groups in total. The van der Waals surface area contributed by atoms with E-state index in [2.05, 4.69) is 17.4 Å². The highest BCUT2D eigenvalue weighted by Crippen LogP contribution is 2.44. The maximum atomic E-state index is 13.2. The first-order valence-electron chi connectivity index (χ1n) is 11.6. The summed E-state index contributed by atoms with van der Waals surface area (Å²) < 4.78 is 5.61. The minimum Gasteiger partial charge on any atom is -0.480 e. The number of benzene rings is 2. The summed E-state index contributed by atoms with van der Waals surface area (Å²) in [5.74, 6) is -1.60. The van der Waals surface area contributed by atoms with Gasteiger partial charge in [-0.3, -0.25) is 4.79 Å². The van der Waals surface area contributed by atoms with Gasteiger partial charge in [-0.2, -0.15) is 0 Å². The van der Waals surface area contributed by atoms with Gasteiger partial charge in [0.05, 0.1) is 0 Å². The third kappa shape index (κ3) is 4.45. The predicted molar refractivity (Wildman–Crippen MR) is 124 cm³/mol. The summed E-state index contributed by atoms with van der Waals surface area (Å²) >= 11 is 0. The Kier molecular flexibility index (Phi) is 6.67. The van der Waals surface area contributed by atoms with Crippen LogP contribution in [0.2, 0.25) is 0 Å². The smallest absolute Gasteiger partial charge is 0.407 e. The van der Waals surface area contributed by atoms with Gasteiger partial charge >= 0.3 is 12.1 Å². The number of rotatable bonds is 7. The molecule has 7 heteroatoms. The van der Waals surface area contributed by atoms with Gasteiger partial charge in [-0.25, -0.2) is 9.59 Å². The van der Waals surface area contributed by atoms with E-state index in [0.29, 0.717) is 25.8 Å². The van der Waals surface area contributed by atoms with E-state index in [4.69, 9.17) is 4.74 Å². The van der Waals surface area contributed by atoms with Gasteiger partial charge in [0.15, 0.2) is 0 Å². The lowest BCUT2D eigenvalue weighted by Gasteiger charge is -2.30. The van der Waals surface area contributed by atoms with Crippen molar-refractivity contribution in [3.05, 3.63) is 59.7 Å². The fraction of sp³-hybridized carbons (Fsp3) is 0.423. The highest BCUT2D eigenvalue weighted by molar-refractivity contribution is 5.90. The van der Waals surface area contributed by atoms with E-state index in [0.717, 1.165) is 22.3 Å². The van der Waals surface area contributed by atoms with Gasteiger partial charge in [-0.1, -0.05) is 68.8 Å². The van der Waals surface area contributed by atoms with Crippen LogP contribution in [0, 0.1) is 5.92 Å². The van der Waals surface area contributed by atoms with Crippen molar-refractivity contribution in [2.75, 3.05) is 13.2 Å². The predicted octanol–water partition coefficient (Wildman–Crippen LogP) is 4.02. The number of fused-ring (bicyclic) bond motifs is 3. The zero-order valence-corrected chi connectivity index (χ0v) is 19.0. The number of ether oxygens (including phenoxy) is 1. The van der Waals surface area contributed by atoms with Crippen molar-refractivity contribution < 1.29 is 24.2 Å². The topological polar surface area (TPSA) is 95.9 Å². The maximum Gasteiger partial charge on any atom is 0.407 e. The van der Waals surface area contributed by atoms with Crippen LogP contribution in [0.3, 0.4) is 0 Å². The summed E-state index contributed by atoms with van der Waals surface area (Å²) in [5, 5.41) is 12.2. The summed E-state index contributed by atoms with van der Waals surface area (Å²) in [4.78, 5) is 38.9. The number of alkyl carbamates (subject to hydrolysis) is 1. The highest BCUT2D eigenvalue weighted by Gasteiger charge is 2.39. The second kappa shape index (κ2) is 9.65. The van der Waals surface area contributed by atoms with E-state index in [-0.39, 0.29) is 24.3 Å². The van der Waals surface area contributed by atoms with Crippen LogP contribution < -0.4 is 5.32 Å². The maximum absolute atomic E-state index is 13.2. The zero-order valence-electron chi connectivity index (χ0n) is 19.0. The van der Waals surface area contributed by atoms with Crippen LogP contribution in [-0.4, -0.2) is 53.2 Å². The molecule has 1 saturated heterocycles. The summed E-state index contributed by atoms with van der Waals surface area (Å²) in [7, 11) is 0. The Morgan fingerprint density at radius 2 is 1.70 bits per heavy atom. The Labute approximate surface area is 193 Å². The number of hydrogen-bond donors (Lipinski definition) is 2. The molecule has 0 saturated carbocycles. The van der Waals surface area contributed by atoms with E-state index < -0.39 is 24.1 Å². The molecule has 1 aliphatic heterocycles. The monoisotopic (exact) mass is 450 g/mol. The van der Waals surface area contributed by atoms with E-state index >= 15 is 0 Å². The minimum atomic E-state index is -1.01. The number of carbonyl (C=O) groups is 3. The molecule has 3 atom stereocenters. The van der Waals surface area contributed by atoms with Gasteiger partial charge in [0.2, 0.25) is 5.91 Å². The number of likely N-dealkylation sites (tertiary alicyclic amines) is 1. The molecule has 33 heavy (non-hydrogen) atoms. The van der Waals surface area contributed by atoms with Gasteiger partial charge in [0.1, 0.15) is 18.7 Å². The van der Waals surface area contributed by atoms with Crippen molar-refractivity contribution in [2.45, 2.75) is 51.1 Å². The van der Waals surface area contributed by atoms with Crippen LogP contribution >= 0.6 is 0 Å². The molecule has 174 valence electrons. The molecule has 1 fully saturated rings. The van der Waals surface area contributed by atoms with Crippen molar-refractivity contribution in [1.82, 2.24) is 10.2 Å². The van der Waals surface area contributed by atoms with Gasteiger partial charge in [-0.05, 0) is 41.0 Å². The number of carboxylic acid groups (broad SMARTS) is 1. The molecule has 0 radical (unpaired) electrons. The number of aliphatic carboxylic acids is 1. The number of hydrogen-bond acceptors (Lipinski definition) is 4. The fourth-order valence-corrected chi connectivity index (χ4v) is 4.92. The molecule has 4 rings (SSSR count). The Balaban J connectivity index is 1.46. The lowest BCUT2D eigenvalue weighted by molar-refractivity contribution is -0.149. The van der Waals surface area contributed by atoms with Crippen LogP contribution in [0.5, 0.6) is 0 Å². The lowest BCUT2D eigenvalue weighted by Crippen LogP contribution is -2.54. The molecular weight excluding hydrogens is 420 g/mol. The van der Waals surface area contributed by atoms with E-state index in [1.807, 2.05) is 50.2 Å². The van der Waals surface area contributed by atoms with Gasteiger partial charge in [-0.15, -0.1) is 0 Å². The fourth-order valence-electron chi connectivity index (χ4n) is 4.92. The molecule has 1 aliphatic carbocycles. The van der Waals surface area contributed by atoms with E-state index in [1.165, 1.54) is 4.90 Å². The molecule has 0 unspecified atom stereocenters. The number of nitrogens with one attached hydrogen (secondary N) is 1. The third-order valence-electron chi connectivity index (χ3n) is 6.92. The number of nitrogens with zero attached hydrogens (tertiary/aromatic N) is 1. The van der Waals surface area contributed by atoms with Crippen LogP contribution in [0.15, 0.2) is 48.5 Å². The standard InChI is InChI=1S/C26H30N2O5/c1-3-16(2)23(24(29)28-14-8-13-22(28)25(30)31)27-26(32)33-15-21-19-11-6-4-9-17(19)18-10-5-7-12-20(18)21/h4-7,9-12,16,21-23H,3,8,13-15H2,1-2H3,(H,27,32)(H,30,31)/t16-,22+,23-/m0/s1. The van der Waals surface area contributed by atoms with Crippen molar-refractivity contribution in [3.63, 3.8) is 0 Å². The van der Waals surface area contributed by atoms with Crippen LogP contribution in [0.4, 0.5) is 4.79 Å². The molecule has 7 nitrogen and oxygen atoms in total. The molecule has 2 amide bonds. The molecule has 2 aromatic rings.